The summed E-state index contributed by atoms with van der Waals surface area (Å²) in [5.74, 6) is -0.0781. The molecule has 0 bridgehead atoms. The lowest BCUT2D eigenvalue weighted by Gasteiger charge is -2.06. The average Bonchev–Trinajstić information content (AvgIpc) is 2.17. The van der Waals surface area contributed by atoms with E-state index >= 15 is 0 Å². The van der Waals surface area contributed by atoms with Gasteiger partial charge in [-0.25, -0.2) is 0 Å². The molecule has 0 aliphatic heterocycles. The van der Waals surface area contributed by atoms with E-state index in [1.807, 2.05) is 6.92 Å². The quantitative estimate of drug-likeness (QED) is 0.848. The molecule has 1 N–H and O–H groups in total. The van der Waals surface area contributed by atoms with Gasteiger partial charge in [-0.3, -0.25) is 4.79 Å². The summed E-state index contributed by atoms with van der Waals surface area (Å²) in [7, 11) is 0. The molecular formula is C11H13BrClNO. The van der Waals surface area contributed by atoms with Crippen LogP contribution >= 0.6 is 27.5 Å². The normalized spacial score (nSPS) is 12.2. The maximum absolute atomic E-state index is 11.6. The van der Waals surface area contributed by atoms with Crippen molar-refractivity contribution in [1.82, 2.24) is 5.32 Å². The van der Waals surface area contributed by atoms with Gasteiger partial charge in [0.2, 0.25) is 0 Å². The van der Waals surface area contributed by atoms with E-state index in [1.165, 1.54) is 0 Å². The molecule has 0 aliphatic carbocycles. The van der Waals surface area contributed by atoms with Gasteiger partial charge in [-0.05, 0) is 24.6 Å². The third-order valence-corrected chi connectivity index (χ3v) is 2.61. The molecule has 1 aromatic rings. The van der Waals surface area contributed by atoms with Crippen LogP contribution in [0, 0.1) is 0 Å². The lowest BCUT2D eigenvalue weighted by Crippen LogP contribution is -2.25. The lowest BCUT2D eigenvalue weighted by molar-refractivity contribution is 0.0953. The van der Waals surface area contributed by atoms with Crippen molar-refractivity contribution in [2.24, 2.45) is 0 Å². The predicted octanol–water partition coefficient (Wildman–Crippen LogP) is 3.24. The van der Waals surface area contributed by atoms with E-state index in [9.17, 15) is 4.79 Å². The summed E-state index contributed by atoms with van der Waals surface area (Å²) >= 11 is 9.21. The summed E-state index contributed by atoms with van der Waals surface area (Å²) in [5.41, 5.74) is 0.602. The highest BCUT2D eigenvalue weighted by molar-refractivity contribution is 9.09. The molecule has 0 radical (unpaired) electrons. The molecule has 1 rings (SSSR count). The van der Waals surface area contributed by atoms with E-state index in [0.717, 1.165) is 6.42 Å². The number of hydrogen-bond donors (Lipinski definition) is 1. The number of halogens is 2. The molecule has 1 amide bonds. The zero-order chi connectivity index (χ0) is 11.3. The van der Waals surface area contributed by atoms with Crippen molar-refractivity contribution >= 4 is 33.4 Å². The van der Waals surface area contributed by atoms with Crippen LogP contribution in [0.1, 0.15) is 23.7 Å². The third kappa shape index (κ3) is 4.67. The average molecular weight is 291 g/mol. The maximum atomic E-state index is 11.6. The Morgan fingerprint density at radius 1 is 1.60 bits per heavy atom. The number of benzene rings is 1. The minimum absolute atomic E-state index is 0.0781. The number of alkyl halides is 1. The summed E-state index contributed by atoms with van der Waals surface area (Å²) < 4.78 is 0. The Kier molecular flexibility index (Phi) is 5.12. The molecular weight excluding hydrogens is 277 g/mol. The van der Waals surface area contributed by atoms with Crippen LogP contribution < -0.4 is 5.32 Å². The molecule has 0 fully saturated rings. The molecule has 2 nitrogen and oxygen atoms in total. The van der Waals surface area contributed by atoms with Crippen LogP contribution in [0.2, 0.25) is 5.02 Å². The Labute approximate surface area is 103 Å². The number of hydrogen-bond acceptors (Lipinski definition) is 1. The van der Waals surface area contributed by atoms with Gasteiger partial charge in [-0.2, -0.15) is 0 Å². The molecule has 0 saturated heterocycles. The molecule has 1 aromatic carbocycles. The molecule has 1 atom stereocenters. The van der Waals surface area contributed by atoms with Gasteiger partial charge in [-0.1, -0.05) is 40.5 Å². The summed E-state index contributed by atoms with van der Waals surface area (Å²) in [6.07, 6.45) is 0.909. The van der Waals surface area contributed by atoms with E-state index in [1.54, 1.807) is 24.3 Å². The maximum Gasteiger partial charge on any atom is 0.251 e. The van der Waals surface area contributed by atoms with Crippen LogP contribution in [0.15, 0.2) is 24.3 Å². The van der Waals surface area contributed by atoms with Gasteiger partial charge in [0, 0.05) is 22.0 Å². The molecule has 0 spiro atoms. The molecule has 0 saturated carbocycles. The van der Waals surface area contributed by atoms with Crippen molar-refractivity contribution < 1.29 is 4.79 Å². The topological polar surface area (TPSA) is 29.1 Å². The van der Waals surface area contributed by atoms with Gasteiger partial charge in [0.1, 0.15) is 0 Å². The third-order valence-electron chi connectivity index (χ3n) is 1.91. The molecule has 1 unspecified atom stereocenters. The Morgan fingerprint density at radius 3 is 2.93 bits per heavy atom. The zero-order valence-corrected chi connectivity index (χ0v) is 10.8. The first-order chi connectivity index (χ1) is 7.09. The van der Waals surface area contributed by atoms with Crippen LogP contribution in [-0.4, -0.2) is 17.3 Å². The number of nitrogens with one attached hydrogen (secondary N) is 1. The molecule has 0 aliphatic rings. The van der Waals surface area contributed by atoms with Crippen molar-refractivity contribution in [3.8, 4) is 0 Å². The van der Waals surface area contributed by atoms with E-state index < -0.39 is 0 Å². The van der Waals surface area contributed by atoms with Crippen molar-refractivity contribution in [2.75, 3.05) is 6.54 Å². The summed E-state index contributed by atoms with van der Waals surface area (Å²) in [6.45, 7) is 2.71. The second-order valence-electron chi connectivity index (χ2n) is 3.34. The summed E-state index contributed by atoms with van der Waals surface area (Å²) in [4.78, 5) is 12.0. The van der Waals surface area contributed by atoms with Gasteiger partial charge in [0.25, 0.3) is 5.91 Å². The fourth-order valence-electron chi connectivity index (χ4n) is 1.12. The van der Waals surface area contributed by atoms with E-state index in [0.29, 0.717) is 22.0 Å². The van der Waals surface area contributed by atoms with Gasteiger partial charge >= 0.3 is 0 Å². The van der Waals surface area contributed by atoms with Gasteiger partial charge < -0.3 is 5.32 Å². The number of carbonyl (C=O) groups excluding carboxylic acids is 1. The Balaban J connectivity index is 2.47. The second-order valence-corrected chi connectivity index (χ2v) is 5.34. The molecule has 0 aromatic heterocycles. The van der Waals surface area contributed by atoms with Crippen LogP contribution in [-0.2, 0) is 0 Å². The molecule has 82 valence electrons. The standard InChI is InChI=1S/C11H13BrClNO/c1-8(12)5-6-14-11(15)9-3-2-4-10(13)7-9/h2-4,7-8H,5-6H2,1H3,(H,14,15). The Morgan fingerprint density at radius 2 is 2.33 bits per heavy atom. The first-order valence-electron chi connectivity index (χ1n) is 4.77. The SMILES string of the molecule is CC(Br)CCNC(=O)c1cccc(Cl)c1. The van der Waals surface area contributed by atoms with E-state index in [-0.39, 0.29) is 5.91 Å². The smallest absolute Gasteiger partial charge is 0.251 e. The first-order valence-corrected chi connectivity index (χ1v) is 6.07. The monoisotopic (exact) mass is 289 g/mol. The fourth-order valence-corrected chi connectivity index (χ4v) is 1.54. The van der Waals surface area contributed by atoms with Crippen LogP contribution in [0.4, 0.5) is 0 Å². The van der Waals surface area contributed by atoms with Crippen molar-refractivity contribution in [2.45, 2.75) is 18.2 Å². The molecule has 15 heavy (non-hydrogen) atoms. The van der Waals surface area contributed by atoms with Crippen molar-refractivity contribution in [3.63, 3.8) is 0 Å². The van der Waals surface area contributed by atoms with Gasteiger partial charge in [0.05, 0.1) is 0 Å². The number of rotatable bonds is 4. The molecule has 0 heterocycles. The fraction of sp³-hybridized carbons (Fsp3) is 0.364. The largest absolute Gasteiger partial charge is 0.352 e. The van der Waals surface area contributed by atoms with Gasteiger partial charge in [0.15, 0.2) is 0 Å². The molecule has 4 heteroatoms. The highest BCUT2D eigenvalue weighted by Gasteiger charge is 2.05. The summed E-state index contributed by atoms with van der Waals surface area (Å²) in [5, 5.41) is 3.41. The van der Waals surface area contributed by atoms with Gasteiger partial charge in [-0.15, -0.1) is 0 Å². The van der Waals surface area contributed by atoms with Crippen molar-refractivity contribution in [3.05, 3.63) is 34.9 Å². The van der Waals surface area contributed by atoms with Crippen molar-refractivity contribution in [1.29, 1.82) is 0 Å². The predicted molar refractivity (Wildman–Crippen MR) is 66.8 cm³/mol. The highest BCUT2D eigenvalue weighted by atomic mass is 79.9. The number of amides is 1. The lowest BCUT2D eigenvalue weighted by atomic mass is 10.2. The highest BCUT2D eigenvalue weighted by Crippen LogP contribution is 2.10. The Hall–Kier alpha value is -0.540. The van der Waals surface area contributed by atoms with Crippen LogP contribution in [0.5, 0.6) is 0 Å². The van der Waals surface area contributed by atoms with E-state index in [2.05, 4.69) is 21.2 Å². The number of carbonyl (C=O) groups is 1. The second kappa shape index (κ2) is 6.13. The minimum Gasteiger partial charge on any atom is -0.352 e. The van der Waals surface area contributed by atoms with Crippen LogP contribution in [0.3, 0.4) is 0 Å². The van der Waals surface area contributed by atoms with Crippen LogP contribution in [0.25, 0.3) is 0 Å². The first kappa shape index (κ1) is 12.5. The Bertz CT molecular complexity index is 341. The summed E-state index contributed by atoms with van der Waals surface area (Å²) in [6, 6.07) is 6.93. The minimum atomic E-state index is -0.0781. The zero-order valence-electron chi connectivity index (χ0n) is 8.47. The van der Waals surface area contributed by atoms with E-state index in [4.69, 9.17) is 11.6 Å².